The fourth-order valence-corrected chi connectivity index (χ4v) is 7.87. The number of aryl methyl sites for hydroxylation is 1. The van der Waals surface area contributed by atoms with Crippen LogP contribution >= 0.6 is 0 Å². The van der Waals surface area contributed by atoms with E-state index in [9.17, 15) is 9.59 Å². The largest absolute Gasteiger partial charge is 0.384 e. The highest BCUT2D eigenvalue weighted by Crippen LogP contribution is 2.55. The van der Waals surface area contributed by atoms with Gasteiger partial charge >= 0.3 is 0 Å². The number of likely N-dealkylation sites (tertiary alicyclic amines) is 1. The summed E-state index contributed by atoms with van der Waals surface area (Å²) in [4.78, 5) is 34.0. The molecule has 1 saturated heterocycles. The SMILES string of the molecule is Cc1nc(N)ccc1CNC(=O)C12CC1CCCN2C(=O)C(N)C(C1CCCCC1)C1CCCCC1. The lowest BCUT2D eigenvalue weighted by Gasteiger charge is -2.44. The molecule has 2 amide bonds. The van der Waals surface area contributed by atoms with Gasteiger partial charge in [0.2, 0.25) is 11.8 Å². The first-order chi connectivity index (χ1) is 17.4. The van der Waals surface area contributed by atoms with Gasteiger partial charge in [0, 0.05) is 18.8 Å². The minimum absolute atomic E-state index is 0.0267. The zero-order valence-corrected chi connectivity index (χ0v) is 22.0. The first-order valence-corrected chi connectivity index (χ1v) is 14.5. The fraction of sp³-hybridized carbons (Fsp3) is 0.759. The standard InChI is InChI=1S/C29H45N5O2/c1-19-22(14-15-24(30)33-19)18-32-28(36)29-17-23(29)13-8-16-34(29)27(35)26(31)25(20-9-4-2-5-10-20)21-11-6-3-7-12-21/h14-15,20-21,23,25-26H,2-13,16-18,31H2,1H3,(H2,30,33)(H,32,36). The van der Waals surface area contributed by atoms with Crippen LogP contribution in [-0.2, 0) is 16.1 Å². The molecule has 4 aliphatic rings. The van der Waals surface area contributed by atoms with Crippen LogP contribution in [0.15, 0.2) is 12.1 Å². The Morgan fingerprint density at radius 1 is 1.03 bits per heavy atom. The minimum Gasteiger partial charge on any atom is -0.384 e. The van der Waals surface area contributed by atoms with Crippen LogP contribution in [0.25, 0.3) is 0 Å². The second-order valence-corrected chi connectivity index (χ2v) is 12.0. The molecule has 5 rings (SSSR count). The maximum absolute atomic E-state index is 14.1. The Balaban J connectivity index is 1.32. The van der Waals surface area contributed by atoms with Crippen LogP contribution in [0.3, 0.4) is 0 Å². The number of hydrogen-bond donors (Lipinski definition) is 3. The van der Waals surface area contributed by atoms with Crippen molar-refractivity contribution in [3.8, 4) is 0 Å². The van der Waals surface area contributed by atoms with Gasteiger partial charge in [-0.3, -0.25) is 9.59 Å². The third-order valence-corrected chi connectivity index (χ3v) is 9.89. The molecular weight excluding hydrogens is 450 g/mol. The fourth-order valence-electron chi connectivity index (χ4n) is 7.87. The lowest BCUT2D eigenvalue weighted by atomic mass is 9.66. The maximum atomic E-state index is 14.1. The topological polar surface area (TPSA) is 114 Å². The van der Waals surface area contributed by atoms with Crippen molar-refractivity contribution in [3.05, 3.63) is 23.4 Å². The molecule has 3 saturated carbocycles. The Morgan fingerprint density at radius 2 is 1.67 bits per heavy atom. The van der Waals surface area contributed by atoms with E-state index in [1.165, 1.54) is 64.2 Å². The second kappa shape index (κ2) is 10.7. The lowest BCUT2D eigenvalue weighted by Crippen LogP contribution is -2.61. The van der Waals surface area contributed by atoms with Gasteiger partial charge in [-0.2, -0.15) is 0 Å². The number of amides is 2. The van der Waals surface area contributed by atoms with Gasteiger partial charge in [0.05, 0.1) is 6.04 Å². The van der Waals surface area contributed by atoms with E-state index in [4.69, 9.17) is 11.5 Å². The van der Waals surface area contributed by atoms with Crippen LogP contribution in [0.2, 0.25) is 0 Å². The van der Waals surface area contributed by atoms with Crippen LogP contribution in [0.4, 0.5) is 5.82 Å². The first kappa shape index (κ1) is 25.5. The molecule has 5 N–H and O–H groups in total. The highest BCUT2D eigenvalue weighted by atomic mass is 16.2. The monoisotopic (exact) mass is 495 g/mol. The van der Waals surface area contributed by atoms with E-state index in [1.807, 2.05) is 17.9 Å². The summed E-state index contributed by atoms with van der Waals surface area (Å²) in [5, 5.41) is 3.14. The Kier molecular flexibility index (Phi) is 7.57. The van der Waals surface area contributed by atoms with E-state index in [0.717, 1.165) is 30.5 Å². The number of anilines is 1. The highest BCUT2D eigenvalue weighted by Gasteiger charge is 2.66. The van der Waals surface area contributed by atoms with E-state index in [-0.39, 0.29) is 23.7 Å². The number of nitrogen functional groups attached to an aromatic ring is 1. The maximum Gasteiger partial charge on any atom is 0.246 e. The molecule has 4 fully saturated rings. The van der Waals surface area contributed by atoms with Crippen LogP contribution in [0.1, 0.15) is 94.7 Å². The van der Waals surface area contributed by atoms with Gasteiger partial charge in [0.1, 0.15) is 11.4 Å². The average molecular weight is 496 g/mol. The molecule has 1 aliphatic heterocycles. The Hall–Kier alpha value is -2.15. The summed E-state index contributed by atoms with van der Waals surface area (Å²) >= 11 is 0. The smallest absolute Gasteiger partial charge is 0.246 e. The molecule has 1 aromatic rings. The average Bonchev–Trinajstić information content (AvgIpc) is 3.65. The van der Waals surface area contributed by atoms with Gasteiger partial charge in [-0.25, -0.2) is 4.98 Å². The molecule has 198 valence electrons. The summed E-state index contributed by atoms with van der Waals surface area (Å²) in [7, 11) is 0. The number of nitrogens with one attached hydrogen (secondary N) is 1. The number of carbonyl (C=O) groups is 2. The lowest BCUT2D eigenvalue weighted by molar-refractivity contribution is -0.147. The molecule has 36 heavy (non-hydrogen) atoms. The third-order valence-electron chi connectivity index (χ3n) is 9.89. The van der Waals surface area contributed by atoms with Crippen molar-refractivity contribution in [3.63, 3.8) is 0 Å². The summed E-state index contributed by atoms with van der Waals surface area (Å²) in [6.07, 6.45) is 15.1. The molecule has 7 heteroatoms. The number of carbonyl (C=O) groups excluding carboxylic acids is 2. The van der Waals surface area contributed by atoms with Crippen molar-refractivity contribution < 1.29 is 9.59 Å². The minimum atomic E-state index is -0.716. The summed E-state index contributed by atoms with van der Waals surface area (Å²) in [6.45, 7) is 2.94. The van der Waals surface area contributed by atoms with Crippen LogP contribution in [-0.4, -0.2) is 39.8 Å². The van der Waals surface area contributed by atoms with Crippen molar-refractivity contribution in [1.82, 2.24) is 15.2 Å². The number of nitrogens with two attached hydrogens (primary N) is 2. The molecule has 0 aromatic carbocycles. The second-order valence-electron chi connectivity index (χ2n) is 12.0. The summed E-state index contributed by atoms with van der Waals surface area (Å²) in [6, 6.07) is 3.18. The van der Waals surface area contributed by atoms with Crippen molar-refractivity contribution in [2.75, 3.05) is 12.3 Å². The van der Waals surface area contributed by atoms with Crippen LogP contribution in [0, 0.1) is 30.6 Å². The van der Waals surface area contributed by atoms with Gasteiger partial charge in [-0.15, -0.1) is 0 Å². The quantitative estimate of drug-likeness (QED) is 0.527. The number of rotatable bonds is 7. The molecule has 7 nitrogen and oxygen atoms in total. The number of piperidine rings is 1. The molecule has 0 bridgehead atoms. The summed E-state index contributed by atoms with van der Waals surface area (Å²) in [5.41, 5.74) is 13.8. The van der Waals surface area contributed by atoms with Crippen molar-refractivity contribution >= 4 is 17.6 Å². The molecular formula is C29H45N5O2. The van der Waals surface area contributed by atoms with Gasteiger partial charge < -0.3 is 21.7 Å². The number of fused-ring (bicyclic) bond motifs is 1. The third kappa shape index (κ3) is 4.88. The van der Waals surface area contributed by atoms with E-state index < -0.39 is 11.6 Å². The number of hydrogen-bond acceptors (Lipinski definition) is 5. The number of aromatic nitrogens is 1. The molecule has 1 aromatic heterocycles. The van der Waals surface area contributed by atoms with Gasteiger partial charge in [0.25, 0.3) is 0 Å². The molecule has 3 atom stereocenters. The van der Waals surface area contributed by atoms with E-state index in [2.05, 4.69) is 10.3 Å². The van der Waals surface area contributed by atoms with Crippen LogP contribution in [0.5, 0.6) is 0 Å². The van der Waals surface area contributed by atoms with Crippen LogP contribution < -0.4 is 16.8 Å². The van der Waals surface area contributed by atoms with Gasteiger partial charge in [-0.05, 0) is 61.5 Å². The van der Waals surface area contributed by atoms with Crippen molar-refractivity contribution in [2.24, 2.45) is 29.4 Å². The van der Waals surface area contributed by atoms with Crippen molar-refractivity contribution in [2.45, 2.75) is 109 Å². The first-order valence-electron chi connectivity index (χ1n) is 14.5. The van der Waals surface area contributed by atoms with E-state index in [1.54, 1.807) is 6.07 Å². The normalized spacial score (nSPS) is 28.0. The number of pyridine rings is 1. The summed E-state index contributed by atoms with van der Waals surface area (Å²) < 4.78 is 0. The van der Waals surface area contributed by atoms with Crippen molar-refractivity contribution in [1.29, 1.82) is 0 Å². The molecule has 3 unspecified atom stereocenters. The van der Waals surface area contributed by atoms with E-state index >= 15 is 0 Å². The zero-order valence-electron chi connectivity index (χ0n) is 22.0. The van der Waals surface area contributed by atoms with Gasteiger partial charge in [-0.1, -0.05) is 70.3 Å². The highest BCUT2D eigenvalue weighted by molar-refractivity contribution is 5.96. The molecule has 0 radical (unpaired) electrons. The Labute approximate surface area is 216 Å². The molecule has 2 heterocycles. The molecule has 0 spiro atoms. The Bertz CT molecular complexity index is 937. The van der Waals surface area contributed by atoms with E-state index in [0.29, 0.717) is 30.7 Å². The molecule has 3 aliphatic carbocycles. The summed E-state index contributed by atoms with van der Waals surface area (Å²) in [5.74, 6) is 2.07. The predicted molar refractivity (Wildman–Crippen MR) is 142 cm³/mol. The van der Waals surface area contributed by atoms with Gasteiger partial charge in [0.15, 0.2) is 0 Å². The Morgan fingerprint density at radius 3 is 2.28 bits per heavy atom. The predicted octanol–water partition coefficient (Wildman–Crippen LogP) is 4.07. The number of nitrogens with zero attached hydrogens (tertiary/aromatic N) is 2. The zero-order chi connectivity index (χ0) is 25.3.